The molecule has 1 aliphatic heterocycles. The van der Waals surface area contributed by atoms with E-state index in [2.05, 4.69) is 28.9 Å². The minimum Gasteiger partial charge on any atom is -0.348 e. The van der Waals surface area contributed by atoms with Crippen LogP contribution >= 0.6 is 0 Å². The van der Waals surface area contributed by atoms with Crippen LogP contribution in [0, 0.1) is 0 Å². The first kappa shape index (κ1) is 13.8. The molecule has 0 radical (unpaired) electrons. The van der Waals surface area contributed by atoms with Crippen LogP contribution in [0.1, 0.15) is 29.0 Å². The van der Waals surface area contributed by atoms with Crippen LogP contribution in [0.15, 0.2) is 61.1 Å². The highest BCUT2D eigenvalue weighted by atomic mass is 16.2. The molecule has 116 valence electrons. The standard InChI is InChI=1S/C18H18N4O/c1-14-17-8-5-9-20(17)10-11-21(14)18(23)15-12-19-22(13-15)16-6-3-2-4-7-16/h2-9,12-14H,10-11H2,1H3. The lowest BCUT2D eigenvalue weighted by molar-refractivity contribution is 0.0644. The van der Waals surface area contributed by atoms with Crippen molar-refractivity contribution in [3.05, 3.63) is 72.3 Å². The summed E-state index contributed by atoms with van der Waals surface area (Å²) in [5, 5.41) is 4.33. The highest BCUT2D eigenvalue weighted by Crippen LogP contribution is 2.26. The molecule has 5 heteroatoms. The van der Waals surface area contributed by atoms with Crippen molar-refractivity contribution in [1.29, 1.82) is 0 Å². The number of hydrogen-bond acceptors (Lipinski definition) is 2. The molecule has 3 heterocycles. The van der Waals surface area contributed by atoms with Gasteiger partial charge in [0.15, 0.2) is 0 Å². The minimum absolute atomic E-state index is 0.0344. The third-order valence-corrected chi connectivity index (χ3v) is 4.45. The topological polar surface area (TPSA) is 43.1 Å². The first-order valence-corrected chi connectivity index (χ1v) is 7.80. The SMILES string of the molecule is CC1c2cccn2CCN1C(=O)c1cnn(-c2ccccc2)c1. The maximum absolute atomic E-state index is 12.8. The van der Waals surface area contributed by atoms with Crippen molar-refractivity contribution < 1.29 is 4.79 Å². The van der Waals surface area contributed by atoms with Gasteiger partial charge >= 0.3 is 0 Å². The number of benzene rings is 1. The third kappa shape index (κ3) is 2.34. The number of carbonyl (C=O) groups excluding carboxylic acids is 1. The first-order chi connectivity index (χ1) is 11.2. The lowest BCUT2D eigenvalue weighted by Gasteiger charge is -2.34. The monoisotopic (exact) mass is 306 g/mol. The van der Waals surface area contributed by atoms with Gasteiger partial charge in [0.05, 0.1) is 23.5 Å². The van der Waals surface area contributed by atoms with Crippen LogP contribution in [0.4, 0.5) is 0 Å². The molecule has 2 aromatic heterocycles. The third-order valence-electron chi connectivity index (χ3n) is 4.45. The van der Waals surface area contributed by atoms with Crippen LogP contribution in [-0.4, -0.2) is 31.7 Å². The van der Waals surface area contributed by atoms with E-state index < -0.39 is 0 Å². The molecule has 1 aliphatic rings. The van der Waals surface area contributed by atoms with E-state index in [-0.39, 0.29) is 11.9 Å². The summed E-state index contributed by atoms with van der Waals surface area (Å²) >= 11 is 0. The molecular formula is C18H18N4O. The van der Waals surface area contributed by atoms with Gasteiger partial charge in [-0.25, -0.2) is 4.68 Å². The predicted octanol–water partition coefficient (Wildman–Crippen LogP) is 2.89. The highest BCUT2D eigenvalue weighted by molar-refractivity contribution is 5.94. The molecule has 0 fully saturated rings. The molecule has 0 saturated heterocycles. The first-order valence-electron chi connectivity index (χ1n) is 7.80. The maximum Gasteiger partial charge on any atom is 0.257 e. The Balaban J connectivity index is 1.60. The van der Waals surface area contributed by atoms with Gasteiger partial charge in [-0.2, -0.15) is 5.10 Å². The summed E-state index contributed by atoms with van der Waals surface area (Å²) in [6.45, 7) is 3.63. The Morgan fingerprint density at radius 3 is 2.78 bits per heavy atom. The molecule has 3 aromatic rings. The number of carbonyl (C=O) groups is 1. The van der Waals surface area contributed by atoms with Crippen molar-refractivity contribution in [3.63, 3.8) is 0 Å². The number of fused-ring (bicyclic) bond motifs is 1. The van der Waals surface area contributed by atoms with Gasteiger partial charge < -0.3 is 9.47 Å². The van der Waals surface area contributed by atoms with Gasteiger partial charge in [-0.05, 0) is 31.2 Å². The molecule has 1 aromatic carbocycles. The number of aromatic nitrogens is 3. The molecule has 5 nitrogen and oxygen atoms in total. The van der Waals surface area contributed by atoms with Crippen LogP contribution in [0.2, 0.25) is 0 Å². The van der Waals surface area contributed by atoms with Crippen molar-refractivity contribution in [2.24, 2.45) is 0 Å². The Hall–Kier alpha value is -2.82. The van der Waals surface area contributed by atoms with E-state index in [0.717, 1.165) is 18.8 Å². The molecule has 1 atom stereocenters. The van der Waals surface area contributed by atoms with E-state index in [1.165, 1.54) is 5.69 Å². The quantitative estimate of drug-likeness (QED) is 0.730. The summed E-state index contributed by atoms with van der Waals surface area (Å²) in [4.78, 5) is 14.8. The summed E-state index contributed by atoms with van der Waals surface area (Å²) in [6, 6.07) is 14.0. The molecule has 1 amide bonds. The fourth-order valence-electron chi connectivity index (χ4n) is 3.18. The number of rotatable bonds is 2. The zero-order chi connectivity index (χ0) is 15.8. The van der Waals surface area contributed by atoms with Crippen molar-refractivity contribution >= 4 is 5.91 Å². The zero-order valence-corrected chi connectivity index (χ0v) is 13.0. The van der Waals surface area contributed by atoms with E-state index >= 15 is 0 Å². The predicted molar refractivity (Wildman–Crippen MR) is 87.4 cm³/mol. The van der Waals surface area contributed by atoms with E-state index in [4.69, 9.17) is 0 Å². The minimum atomic E-state index is 0.0344. The van der Waals surface area contributed by atoms with Crippen molar-refractivity contribution in [3.8, 4) is 5.69 Å². The Morgan fingerprint density at radius 1 is 1.13 bits per heavy atom. The molecule has 4 rings (SSSR count). The van der Waals surface area contributed by atoms with Gasteiger partial charge in [0.1, 0.15) is 0 Å². The second-order valence-corrected chi connectivity index (χ2v) is 5.81. The molecule has 0 N–H and O–H groups in total. The molecule has 0 aliphatic carbocycles. The number of para-hydroxylation sites is 1. The Labute approximate surface area is 134 Å². The number of nitrogens with zero attached hydrogens (tertiary/aromatic N) is 4. The number of hydrogen-bond donors (Lipinski definition) is 0. The zero-order valence-electron chi connectivity index (χ0n) is 13.0. The average molecular weight is 306 g/mol. The van der Waals surface area contributed by atoms with Gasteiger partial charge in [-0.15, -0.1) is 0 Å². The highest BCUT2D eigenvalue weighted by Gasteiger charge is 2.28. The fraction of sp³-hybridized carbons (Fsp3) is 0.222. The van der Waals surface area contributed by atoms with E-state index in [0.29, 0.717) is 5.56 Å². The summed E-state index contributed by atoms with van der Waals surface area (Å²) < 4.78 is 3.95. The Kier molecular flexibility index (Phi) is 3.26. The summed E-state index contributed by atoms with van der Waals surface area (Å²) in [7, 11) is 0. The molecule has 0 bridgehead atoms. The fourth-order valence-corrected chi connectivity index (χ4v) is 3.18. The molecular weight excluding hydrogens is 288 g/mol. The van der Waals surface area contributed by atoms with Crippen LogP contribution in [-0.2, 0) is 6.54 Å². The van der Waals surface area contributed by atoms with Crippen molar-refractivity contribution in [2.45, 2.75) is 19.5 Å². The average Bonchev–Trinajstić information content (AvgIpc) is 3.25. The van der Waals surface area contributed by atoms with E-state index in [1.807, 2.05) is 41.3 Å². The van der Waals surface area contributed by atoms with Crippen LogP contribution in [0.25, 0.3) is 5.69 Å². The van der Waals surface area contributed by atoms with Crippen molar-refractivity contribution in [1.82, 2.24) is 19.2 Å². The van der Waals surface area contributed by atoms with Crippen LogP contribution in [0.5, 0.6) is 0 Å². The largest absolute Gasteiger partial charge is 0.348 e. The van der Waals surface area contributed by atoms with Crippen molar-refractivity contribution in [2.75, 3.05) is 6.54 Å². The van der Waals surface area contributed by atoms with Gasteiger partial charge in [0.25, 0.3) is 5.91 Å². The molecule has 0 spiro atoms. The number of amides is 1. The van der Waals surface area contributed by atoms with E-state index in [1.54, 1.807) is 17.1 Å². The molecule has 0 saturated carbocycles. The van der Waals surface area contributed by atoms with Gasteiger partial charge in [-0.1, -0.05) is 18.2 Å². The van der Waals surface area contributed by atoms with E-state index in [9.17, 15) is 4.79 Å². The Morgan fingerprint density at radius 2 is 1.96 bits per heavy atom. The lowest BCUT2D eigenvalue weighted by atomic mass is 10.1. The summed E-state index contributed by atoms with van der Waals surface area (Å²) in [5.41, 5.74) is 2.76. The normalized spacial score (nSPS) is 17.1. The van der Waals surface area contributed by atoms with Crippen LogP contribution in [0.3, 0.4) is 0 Å². The smallest absolute Gasteiger partial charge is 0.257 e. The van der Waals surface area contributed by atoms with Gasteiger partial charge in [0, 0.05) is 31.2 Å². The second-order valence-electron chi connectivity index (χ2n) is 5.81. The molecule has 23 heavy (non-hydrogen) atoms. The van der Waals surface area contributed by atoms with Crippen LogP contribution < -0.4 is 0 Å². The van der Waals surface area contributed by atoms with Gasteiger partial charge in [-0.3, -0.25) is 4.79 Å². The maximum atomic E-state index is 12.8. The Bertz CT molecular complexity index is 834. The summed E-state index contributed by atoms with van der Waals surface area (Å²) in [6.07, 6.45) is 5.52. The molecule has 1 unspecified atom stereocenters. The lowest BCUT2D eigenvalue weighted by Crippen LogP contribution is -2.40. The van der Waals surface area contributed by atoms with Gasteiger partial charge in [0.2, 0.25) is 0 Å². The second kappa shape index (κ2) is 5.43. The summed E-state index contributed by atoms with van der Waals surface area (Å²) in [5.74, 6) is 0.0344.